The fourth-order valence-electron chi connectivity index (χ4n) is 0.178. The molecule has 0 aromatic rings. The predicted octanol–water partition coefficient (Wildman–Crippen LogP) is 1.21. The summed E-state index contributed by atoms with van der Waals surface area (Å²) in [6, 6.07) is 0.168. The molecule has 1 unspecified atom stereocenters. The molecule has 0 aliphatic carbocycles. The summed E-state index contributed by atoms with van der Waals surface area (Å²) >= 11 is 5.42. The molecule has 0 fully saturated rings. The van der Waals surface area contributed by atoms with E-state index >= 15 is 0 Å². The van der Waals surface area contributed by atoms with Crippen molar-refractivity contribution in [3.63, 3.8) is 0 Å². The minimum absolute atomic E-state index is 0.168. The highest BCUT2D eigenvalue weighted by Crippen LogP contribution is 1.98. The Balaban J connectivity index is 3.14. The first-order valence-corrected chi connectivity index (χ1v) is 3.03. The second-order valence-corrected chi connectivity index (χ2v) is 2.37. The van der Waals surface area contributed by atoms with Crippen LogP contribution in [0.25, 0.3) is 0 Å². The minimum atomic E-state index is 0.168. The summed E-state index contributed by atoms with van der Waals surface area (Å²) in [6.45, 7) is 4.13. The lowest BCUT2D eigenvalue weighted by Gasteiger charge is -2.09. The zero-order chi connectivity index (χ0) is 5.86. The quantitative estimate of drug-likeness (QED) is 0.546. The van der Waals surface area contributed by atoms with Gasteiger partial charge in [0.15, 0.2) is 0 Å². The van der Waals surface area contributed by atoms with E-state index in [0.717, 1.165) is 0 Å². The second kappa shape index (κ2) is 3.28. The van der Waals surface area contributed by atoms with Gasteiger partial charge in [0, 0.05) is 11.9 Å². The lowest BCUT2D eigenvalue weighted by Crippen LogP contribution is -2.27. The molecule has 0 rings (SSSR count). The molecule has 0 heterocycles. The third-order valence-corrected chi connectivity index (χ3v) is 1.39. The Morgan fingerprint density at radius 1 is 1.57 bits per heavy atom. The Morgan fingerprint density at radius 3 is 2.00 bits per heavy atom. The van der Waals surface area contributed by atoms with Crippen LogP contribution in [-0.2, 0) is 0 Å². The molecule has 0 saturated heterocycles. The molecule has 7 heavy (non-hydrogen) atoms. The van der Waals surface area contributed by atoms with E-state index in [-0.39, 0.29) is 6.04 Å². The fraction of sp³-hybridized carbons (Fsp3) is 1.00. The van der Waals surface area contributed by atoms with Gasteiger partial charge in [-0.3, -0.25) is 0 Å². The average Bonchev–Trinajstić information content (AvgIpc) is 1.65. The van der Waals surface area contributed by atoms with Crippen LogP contribution in [0.4, 0.5) is 0 Å². The van der Waals surface area contributed by atoms with Crippen LogP contribution in [0, 0.1) is 5.92 Å². The van der Waals surface area contributed by atoms with E-state index < -0.39 is 0 Å². The lowest BCUT2D eigenvalue weighted by molar-refractivity contribution is 0.533. The van der Waals surface area contributed by atoms with Crippen LogP contribution in [0.15, 0.2) is 0 Å². The molecule has 0 radical (unpaired) electrons. The molecular weight excluding hydrogens is 110 g/mol. The number of nitrogens with two attached hydrogens (primary N) is 1. The molecule has 0 spiro atoms. The van der Waals surface area contributed by atoms with Crippen molar-refractivity contribution < 1.29 is 0 Å². The van der Waals surface area contributed by atoms with E-state index in [2.05, 4.69) is 13.8 Å². The topological polar surface area (TPSA) is 26.0 Å². The molecule has 0 aliphatic heterocycles. The first kappa shape index (κ1) is 7.25. The minimum Gasteiger partial charge on any atom is -0.326 e. The first-order valence-electron chi connectivity index (χ1n) is 2.50. The molecular formula is C5H12ClN. The molecule has 0 bridgehead atoms. The summed E-state index contributed by atoms with van der Waals surface area (Å²) < 4.78 is 0. The monoisotopic (exact) mass is 121 g/mol. The van der Waals surface area contributed by atoms with E-state index in [1.807, 2.05) is 0 Å². The SMILES string of the molecule is CC(C)C(N)CCl. The van der Waals surface area contributed by atoms with Crippen molar-refractivity contribution in [3.8, 4) is 0 Å². The van der Waals surface area contributed by atoms with Gasteiger partial charge in [-0.25, -0.2) is 0 Å². The Hall–Kier alpha value is 0.250. The zero-order valence-corrected chi connectivity index (χ0v) is 5.57. The molecule has 1 nitrogen and oxygen atoms in total. The van der Waals surface area contributed by atoms with Crippen molar-refractivity contribution in [2.75, 3.05) is 5.88 Å². The van der Waals surface area contributed by atoms with Gasteiger partial charge >= 0.3 is 0 Å². The number of rotatable bonds is 2. The average molecular weight is 122 g/mol. The highest BCUT2D eigenvalue weighted by molar-refractivity contribution is 6.18. The van der Waals surface area contributed by atoms with Crippen LogP contribution in [0.2, 0.25) is 0 Å². The van der Waals surface area contributed by atoms with Gasteiger partial charge in [-0.1, -0.05) is 13.8 Å². The third-order valence-electron chi connectivity index (χ3n) is 1.03. The normalized spacial score (nSPS) is 15.0. The molecule has 0 aliphatic rings. The summed E-state index contributed by atoms with van der Waals surface area (Å²) in [5.74, 6) is 1.08. The standard InChI is InChI=1S/C5H12ClN/c1-4(2)5(7)3-6/h4-5H,3,7H2,1-2H3. The maximum atomic E-state index is 5.48. The fourth-order valence-corrected chi connectivity index (χ4v) is 0.535. The van der Waals surface area contributed by atoms with Gasteiger partial charge in [0.2, 0.25) is 0 Å². The summed E-state index contributed by atoms with van der Waals surface area (Å²) in [4.78, 5) is 0. The number of halogens is 1. The van der Waals surface area contributed by atoms with E-state index in [1.165, 1.54) is 0 Å². The van der Waals surface area contributed by atoms with Crippen molar-refractivity contribution in [3.05, 3.63) is 0 Å². The van der Waals surface area contributed by atoms with Crippen LogP contribution >= 0.6 is 11.6 Å². The Kier molecular flexibility index (Phi) is 3.39. The van der Waals surface area contributed by atoms with E-state index in [1.54, 1.807) is 0 Å². The van der Waals surface area contributed by atoms with Crippen LogP contribution in [0.5, 0.6) is 0 Å². The number of hydrogen-bond donors (Lipinski definition) is 1. The summed E-state index contributed by atoms with van der Waals surface area (Å²) in [6.07, 6.45) is 0. The van der Waals surface area contributed by atoms with Gasteiger partial charge in [0.05, 0.1) is 0 Å². The molecule has 1 atom stereocenters. The summed E-state index contributed by atoms with van der Waals surface area (Å²) in [7, 11) is 0. The maximum Gasteiger partial charge on any atom is 0.0377 e. The molecule has 0 aromatic heterocycles. The molecule has 2 heteroatoms. The molecule has 2 N–H and O–H groups in total. The van der Waals surface area contributed by atoms with Crippen molar-refractivity contribution in [1.29, 1.82) is 0 Å². The molecule has 44 valence electrons. The van der Waals surface area contributed by atoms with Crippen molar-refractivity contribution in [2.24, 2.45) is 11.7 Å². The van der Waals surface area contributed by atoms with Gasteiger partial charge in [-0.15, -0.1) is 11.6 Å². The van der Waals surface area contributed by atoms with Crippen LogP contribution in [0.3, 0.4) is 0 Å². The van der Waals surface area contributed by atoms with Crippen molar-refractivity contribution in [2.45, 2.75) is 19.9 Å². The van der Waals surface area contributed by atoms with Gasteiger partial charge in [-0.05, 0) is 5.92 Å². The molecule has 0 saturated carbocycles. The number of alkyl halides is 1. The van der Waals surface area contributed by atoms with Gasteiger partial charge < -0.3 is 5.73 Å². The first-order chi connectivity index (χ1) is 3.18. The lowest BCUT2D eigenvalue weighted by atomic mass is 10.1. The van der Waals surface area contributed by atoms with E-state index in [0.29, 0.717) is 11.8 Å². The van der Waals surface area contributed by atoms with E-state index in [4.69, 9.17) is 17.3 Å². The zero-order valence-electron chi connectivity index (χ0n) is 4.82. The van der Waals surface area contributed by atoms with Crippen molar-refractivity contribution >= 4 is 11.6 Å². The van der Waals surface area contributed by atoms with Crippen molar-refractivity contribution in [1.82, 2.24) is 0 Å². The maximum absolute atomic E-state index is 5.48. The van der Waals surface area contributed by atoms with Crippen LogP contribution < -0.4 is 5.73 Å². The summed E-state index contributed by atoms with van der Waals surface area (Å²) in [5, 5.41) is 0. The van der Waals surface area contributed by atoms with Crippen LogP contribution in [0.1, 0.15) is 13.8 Å². The predicted molar refractivity (Wildman–Crippen MR) is 33.5 cm³/mol. The Morgan fingerprint density at radius 2 is 2.00 bits per heavy atom. The van der Waals surface area contributed by atoms with E-state index in [9.17, 15) is 0 Å². The van der Waals surface area contributed by atoms with Crippen LogP contribution in [-0.4, -0.2) is 11.9 Å². The van der Waals surface area contributed by atoms with Gasteiger partial charge in [0.1, 0.15) is 0 Å². The largest absolute Gasteiger partial charge is 0.326 e. The molecule has 0 aromatic carbocycles. The smallest absolute Gasteiger partial charge is 0.0377 e. The summed E-state index contributed by atoms with van der Waals surface area (Å²) in [5.41, 5.74) is 5.48. The highest BCUT2D eigenvalue weighted by atomic mass is 35.5. The Labute approximate surface area is 49.8 Å². The second-order valence-electron chi connectivity index (χ2n) is 2.06. The Bertz CT molecular complexity index is 45.3. The number of hydrogen-bond acceptors (Lipinski definition) is 1. The van der Waals surface area contributed by atoms with Gasteiger partial charge in [-0.2, -0.15) is 0 Å². The highest BCUT2D eigenvalue weighted by Gasteiger charge is 2.02. The molecule has 0 amide bonds. The third kappa shape index (κ3) is 2.89. The van der Waals surface area contributed by atoms with Gasteiger partial charge in [0.25, 0.3) is 0 Å².